The molecular weight excluding hydrogens is 180 g/mol. The Morgan fingerprint density at radius 1 is 1.64 bits per heavy atom. The minimum atomic E-state index is -0.824. The van der Waals surface area contributed by atoms with Crippen LogP contribution >= 0.6 is 0 Å². The molecule has 0 bridgehead atoms. The summed E-state index contributed by atoms with van der Waals surface area (Å²) in [6.45, 7) is 0.791. The third-order valence-corrected chi connectivity index (χ3v) is 2.18. The lowest BCUT2D eigenvalue weighted by atomic mass is 10.1. The third-order valence-electron chi connectivity index (χ3n) is 2.18. The predicted octanol–water partition coefficient (Wildman–Crippen LogP) is 0.792. The Morgan fingerprint density at radius 3 is 2.93 bits per heavy atom. The maximum Gasteiger partial charge on any atom is 0.325 e. The largest absolute Gasteiger partial charge is 0.480 e. The zero-order chi connectivity index (χ0) is 10.6. The number of nitrogens with zero attached hydrogens (tertiary/aromatic N) is 2. The fourth-order valence-electron chi connectivity index (χ4n) is 1.52. The molecule has 0 saturated heterocycles. The van der Waals surface area contributed by atoms with Gasteiger partial charge >= 0.3 is 5.97 Å². The Bertz CT molecular complexity index is 269. The fraction of sp³-hybridized carbons (Fsp3) is 0.600. The van der Waals surface area contributed by atoms with Crippen LogP contribution in [-0.4, -0.2) is 48.9 Å². The van der Waals surface area contributed by atoms with Gasteiger partial charge in [-0.25, -0.2) is 0 Å². The highest BCUT2D eigenvalue weighted by molar-refractivity contribution is 5.91. The molecule has 0 aromatic carbocycles. The molecule has 4 nitrogen and oxygen atoms in total. The van der Waals surface area contributed by atoms with Crippen LogP contribution in [0, 0.1) is 0 Å². The van der Waals surface area contributed by atoms with E-state index in [-0.39, 0.29) is 0 Å². The van der Waals surface area contributed by atoms with Crippen molar-refractivity contribution >= 4 is 12.2 Å². The van der Waals surface area contributed by atoms with Crippen LogP contribution in [0.4, 0.5) is 0 Å². The molecule has 1 heterocycles. The Labute approximate surface area is 83.9 Å². The maximum atomic E-state index is 11.0. The number of aliphatic carboxylic acids is 1. The standard InChI is InChI=1S/C10H16N2O2/c1-12(2)9(10(13)14)8-5-3-4-6-11-7-8/h5,7,9H,3-4,6H2,1-2H3,(H,13,14). The van der Waals surface area contributed by atoms with Gasteiger partial charge in [0.15, 0.2) is 0 Å². The summed E-state index contributed by atoms with van der Waals surface area (Å²) in [5.74, 6) is -0.824. The van der Waals surface area contributed by atoms with Crippen LogP contribution in [-0.2, 0) is 4.79 Å². The van der Waals surface area contributed by atoms with Gasteiger partial charge in [0.25, 0.3) is 0 Å². The van der Waals surface area contributed by atoms with Crippen molar-refractivity contribution in [3.63, 3.8) is 0 Å². The molecule has 1 unspecified atom stereocenters. The minimum absolute atomic E-state index is 0.572. The molecule has 78 valence electrons. The van der Waals surface area contributed by atoms with E-state index in [9.17, 15) is 4.79 Å². The summed E-state index contributed by atoms with van der Waals surface area (Å²) in [6, 6.07) is -0.572. The van der Waals surface area contributed by atoms with Gasteiger partial charge in [-0.1, -0.05) is 6.08 Å². The average Bonchev–Trinajstić information content (AvgIpc) is 2.31. The second kappa shape index (κ2) is 4.91. The fourth-order valence-corrected chi connectivity index (χ4v) is 1.52. The zero-order valence-electron chi connectivity index (χ0n) is 8.60. The van der Waals surface area contributed by atoms with E-state index in [1.807, 2.05) is 6.08 Å². The van der Waals surface area contributed by atoms with Crippen molar-refractivity contribution in [2.24, 2.45) is 4.99 Å². The van der Waals surface area contributed by atoms with Gasteiger partial charge in [0.2, 0.25) is 0 Å². The summed E-state index contributed by atoms with van der Waals surface area (Å²) < 4.78 is 0. The Kier molecular flexibility index (Phi) is 3.83. The molecular formula is C10H16N2O2. The summed E-state index contributed by atoms with van der Waals surface area (Å²) in [5, 5.41) is 9.04. The van der Waals surface area contributed by atoms with E-state index in [1.54, 1.807) is 25.2 Å². The van der Waals surface area contributed by atoms with Crippen LogP contribution in [0.3, 0.4) is 0 Å². The van der Waals surface area contributed by atoms with Crippen molar-refractivity contribution in [1.82, 2.24) is 4.90 Å². The van der Waals surface area contributed by atoms with E-state index in [1.165, 1.54) is 0 Å². The first-order valence-corrected chi connectivity index (χ1v) is 4.72. The van der Waals surface area contributed by atoms with Gasteiger partial charge in [-0.05, 0) is 32.5 Å². The summed E-state index contributed by atoms with van der Waals surface area (Å²) in [5.41, 5.74) is 0.792. The molecule has 4 heteroatoms. The number of hydrogen-bond donors (Lipinski definition) is 1. The molecule has 0 saturated carbocycles. The van der Waals surface area contributed by atoms with Crippen molar-refractivity contribution in [3.05, 3.63) is 11.6 Å². The van der Waals surface area contributed by atoms with Crippen molar-refractivity contribution in [1.29, 1.82) is 0 Å². The van der Waals surface area contributed by atoms with Gasteiger partial charge in [-0.2, -0.15) is 0 Å². The summed E-state index contributed by atoms with van der Waals surface area (Å²) in [7, 11) is 3.52. The van der Waals surface area contributed by atoms with Crippen LogP contribution < -0.4 is 0 Å². The number of aliphatic imine (C=N–C) groups is 1. The van der Waals surface area contributed by atoms with Crippen LogP contribution in [0.1, 0.15) is 12.8 Å². The van der Waals surface area contributed by atoms with E-state index in [2.05, 4.69) is 4.99 Å². The first kappa shape index (κ1) is 10.9. The van der Waals surface area contributed by atoms with Crippen molar-refractivity contribution in [3.8, 4) is 0 Å². The van der Waals surface area contributed by atoms with E-state index in [4.69, 9.17) is 5.11 Å². The average molecular weight is 196 g/mol. The lowest BCUT2D eigenvalue weighted by molar-refractivity contribution is -0.140. The quantitative estimate of drug-likeness (QED) is 0.726. The van der Waals surface area contributed by atoms with E-state index < -0.39 is 12.0 Å². The maximum absolute atomic E-state index is 11.0. The smallest absolute Gasteiger partial charge is 0.325 e. The molecule has 1 rings (SSSR count). The first-order valence-electron chi connectivity index (χ1n) is 4.72. The highest BCUT2D eigenvalue weighted by atomic mass is 16.4. The number of carboxylic acid groups (broad SMARTS) is 1. The molecule has 0 amide bonds. The lowest BCUT2D eigenvalue weighted by Gasteiger charge is -2.20. The van der Waals surface area contributed by atoms with Crippen LogP contribution in [0.2, 0.25) is 0 Å². The molecule has 0 fully saturated rings. The van der Waals surface area contributed by atoms with E-state index in [0.29, 0.717) is 0 Å². The van der Waals surface area contributed by atoms with Gasteiger partial charge < -0.3 is 5.11 Å². The third kappa shape index (κ3) is 2.67. The highest BCUT2D eigenvalue weighted by Gasteiger charge is 2.23. The number of likely N-dealkylation sites (N-methyl/N-ethyl adjacent to an activating group) is 1. The molecule has 1 atom stereocenters. The Morgan fingerprint density at radius 2 is 2.36 bits per heavy atom. The lowest BCUT2D eigenvalue weighted by Crippen LogP contribution is -2.37. The van der Waals surface area contributed by atoms with Crippen LogP contribution in [0.5, 0.6) is 0 Å². The normalized spacial score (nSPS) is 18.9. The molecule has 1 N–H and O–H groups in total. The number of allylic oxidation sites excluding steroid dienone is 1. The van der Waals surface area contributed by atoms with E-state index in [0.717, 1.165) is 25.0 Å². The monoisotopic (exact) mass is 196 g/mol. The van der Waals surface area contributed by atoms with Gasteiger partial charge in [0.1, 0.15) is 6.04 Å². The molecule has 0 aliphatic carbocycles. The predicted molar refractivity (Wildman–Crippen MR) is 55.8 cm³/mol. The first-order chi connectivity index (χ1) is 6.63. The van der Waals surface area contributed by atoms with Crippen LogP contribution in [0.15, 0.2) is 16.6 Å². The van der Waals surface area contributed by atoms with Gasteiger partial charge in [-0.15, -0.1) is 0 Å². The molecule has 1 aliphatic heterocycles. The molecule has 0 radical (unpaired) electrons. The second-order valence-corrected chi connectivity index (χ2v) is 3.59. The summed E-state index contributed by atoms with van der Waals surface area (Å²) in [6.07, 6.45) is 5.56. The topological polar surface area (TPSA) is 52.9 Å². The molecule has 14 heavy (non-hydrogen) atoms. The molecule has 1 aliphatic rings. The van der Waals surface area contributed by atoms with Gasteiger partial charge in [-0.3, -0.25) is 14.7 Å². The zero-order valence-corrected chi connectivity index (χ0v) is 8.60. The summed E-state index contributed by atoms with van der Waals surface area (Å²) in [4.78, 5) is 16.8. The SMILES string of the molecule is CN(C)C(C(=O)O)C1=CCCCN=C1. The van der Waals surface area contributed by atoms with E-state index >= 15 is 0 Å². The molecule has 0 spiro atoms. The van der Waals surface area contributed by atoms with Crippen molar-refractivity contribution < 1.29 is 9.90 Å². The Balaban J connectivity index is 2.85. The number of hydrogen-bond acceptors (Lipinski definition) is 3. The van der Waals surface area contributed by atoms with Crippen molar-refractivity contribution in [2.45, 2.75) is 18.9 Å². The molecule has 0 aromatic rings. The van der Waals surface area contributed by atoms with Crippen LogP contribution in [0.25, 0.3) is 0 Å². The van der Waals surface area contributed by atoms with Gasteiger partial charge in [0, 0.05) is 12.8 Å². The second-order valence-electron chi connectivity index (χ2n) is 3.59. The number of rotatable bonds is 3. The number of carboxylic acids is 1. The molecule has 0 aromatic heterocycles. The Hall–Kier alpha value is -1.16. The van der Waals surface area contributed by atoms with Crippen molar-refractivity contribution in [2.75, 3.05) is 20.6 Å². The van der Waals surface area contributed by atoms with Gasteiger partial charge in [0.05, 0.1) is 0 Å². The number of carbonyl (C=O) groups is 1. The highest BCUT2D eigenvalue weighted by Crippen LogP contribution is 2.11. The summed E-state index contributed by atoms with van der Waals surface area (Å²) >= 11 is 0. The minimum Gasteiger partial charge on any atom is -0.480 e.